The molecule has 150 valence electrons. The highest BCUT2D eigenvalue weighted by Crippen LogP contribution is 2.39. The van der Waals surface area contributed by atoms with Crippen molar-refractivity contribution in [3.8, 4) is 33.4 Å². The monoisotopic (exact) mass is 407 g/mol. The largest absolute Gasteiger partial charge is 0.264 e. The summed E-state index contributed by atoms with van der Waals surface area (Å²) in [5.74, 6) is 0. The quantitative estimate of drug-likeness (QED) is 0.268. The van der Waals surface area contributed by atoms with Crippen LogP contribution in [0.25, 0.3) is 54.9 Å². The Balaban J connectivity index is 1.65. The highest BCUT2D eigenvalue weighted by atomic mass is 14.6. The van der Waals surface area contributed by atoms with Gasteiger partial charge < -0.3 is 0 Å². The molecule has 0 saturated carbocycles. The first-order valence-corrected chi connectivity index (χ1v) is 10.9. The van der Waals surface area contributed by atoms with E-state index in [0.29, 0.717) is 0 Å². The second kappa shape index (κ2) is 7.79. The lowest BCUT2D eigenvalue weighted by molar-refractivity contribution is 1.33. The third-order valence-electron chi connectivity index (χ3n) is 6.12. The highest BCUT2D eigenvalue weighted by Gasteiger charge is 2.12. The molecular formula is C31H21N. The number of hydrogen-bond donors (Lipinski definition) is 0. The number of aromatic nitrogens is 1. The third-order valence-corrected chi connectivity index (χ3v) is 6.12. The first-order chi connectivity index (χ1) is 15.9. The van der Waals surface area contributed by atoms with E-state index < -0.39 is 0 Å². The van der Waals surface area contributed by atoms with Crippen LogP contribution in [-0.4, -0.2) is 4.98 Å². The Kier molecular flexibility index (Phi) is 4.51. The van der Waals surface area contributed by atoms with Crippen molar-refractivity contribution in [2.45, 2.75) is 0 Å². The Morgan fingerprint density at radius 3 is 1.56 bits per heavy atom. The number of fused-ring (bicyclic) bond motifs is 2. The second-order valence-electron chi connectivity index (χ2n) is 8.10. The van der Waals surface area contributed by atoms with Gasteiger partial charge in [-0.25, -0.2) is 0 Å². The normalized spacial score (nSPS) is 11.1. The van der Waals surface area contributed by atoms with Crippen molar-refractivity contribution in [2.75, 3.05) is 0 Å². The molecule has 0 saturated heterocycles. The molecule has 5 aromatic carbocycles. The van der Waals surface area contributed by atoms with Gasteiger partial charge in [0.25, 0.3) is 0 Å². The SMILES string of the molecule is c1ccc(-c2ccc3c(-c4ccccc4)c4ccc(-c5cccnc5)cc4cc3c2)cc1. The summed E-state index contributed by atoms with van der Waals surface area (Å²) in [6.07, 6.45) is 3.74. The van der Waals surface area contributed by atoms with E-state index in [1.165, 1.54) is 49.4 Å². The molecule has 0 bridgehead atoms. The minimum Gasteiger partial charge on any atom is -0.264 e. The van der Waals surface area contributed by atoms with Gasteiger partial charge in [-0.1, -0.05) is 91.0 Å². The van der Waals surface area contributed by atoms with Crippen LogP contribution in [0.15, 0.2) is 128 Å². The molecule has 0 aliphatic carbocycles. The molecule has 1 nitrogen and oxygen atoms in total. The molecule has 0 aliphatic rings. The topological polar surface area (TPSA) is 12.9 Å². The third kappa shape index (κ3) is 3.25. The summed E-state index contributed by atoms with van der Waals surface area (Å²) in [7, 11) is 0. The van der Waals surface area contributed by atoms with Gasteiger partial charge in [-0.15, -0.1) is 0 Å². The van der Waals surface area contributed by atoms with Crippen molar-refractivity contribution in [1.82, 2.24) is 4.98 Å². The molecule has 6 rings (SSSR count). The molecule has 0 atom stereocenters. The Labute approximate surface area is 187 Å². The molecule has 0 radical (unpaired) electrons. The Hall–Kier alpha value is -4.23. The van der Waals surface area contributed by atoms with Crippen molar-refractivity contribution < 1.29 is 0 Å². The lowest BCUT2D eigenvalue weighted by Crippen LogP contribution is -1.88. The molecule has 1 heterocycles. The van der Waals surface area contributed by atoms with Crippen LogP contribution >= 0.6 is 0 Å². The minimum atomic E-state index is 1.13. The molecular weight excluding hydrogens is 386 g/mol. The molecule has 0 amide bonds. The molecule has 0 aliphatic heterocycles. The van der Waals surface area contributed by atoms with Crippen LogP contribution in [0.4, 0.5) is 0 Å². The van der Waals surface area contributed by atoms with E-state index in [2.05, 4.69) is 114 Å². The summed E-state index contributed by atoms with van der Waals surface area (Å²) < 4.78 is 0. The lowest BCUT2D eigenvalue weighted by atomic mass is 9.89. The van der Waals surface area contributed by atoms with E-state index in [-0.39, 0.29) is 0 Å². The fraction of sp³-hybridized carbons (Fsp3) is 0. The van der Waals surface area contributed by atoms with Crippen LogP contribution in [0.3, 0.4) is 0 Å². The molecule has 0 fully saturated rings. The van der Waals surface area contributed by atoms with Gasteiger partial charge in [-0.2, -0.15) is 0 Å². The van der Waals surface area contributed by atoms with Gasteiger partial charge in [0.15, 0.2) is 0 Å². The molecule has 0 unspecified atom stereocenters. The lowest BCUT2D eigenvalue weighted by Gasteiger charge is -2.14. The molecule has 0 spiro atoms. The van der Waals surface area contributed by atoms with Crippen molar-refractivity contribution in [3.63, 3.8) is 0 Å². The first-order valence-electron chi connectivity index (χ1n) is 10.9. The van der Waals surface area contributed by atoms with Gasteiger partial charge in [-0.05, 0) is 73.6 Å². The fourth-order valence-corrected chi connectivity index (χ4v) is 4.57. The van der Waals surface area contributed by atoms with Crippen LogP contribution in [-0.2, 0) is 0 Å². The Morgan fingerprint density at radius 1 is 0.406 bits per heavy atom. The maximum Gasteiger partial charge on any atom is 0.0346 e. The van der Waals surface area contributed by atoms with Gasteiger partial charge in [0.1, 0.15) is 0 Å². The van der Waals surface area contributed by atoms with Gasteiger partial charge in [0.05, 0.1) is 0 Å². The summed E-state index contributed by atoms with van der Waals surface area (Å²) >= 11 is 0. The van der Waals surface area contributed by atoms with E-state index in [4.69, 9.17) is 0 Å². The van der Waals surface area contributed by atoms with Crippen LogP contribution < -0.4 is 0 Å². The van der Waals surface area contributed by atoms with Gasteiger partial charge in [-0.3, -0.25) is 4.98 Å². The van der Waals surface area contributed by atoms with Crippen LogP contribution in [0.5, 0.6) is 0 Å². The number of benzene rings is 5. The summed E-state index contributed by atoms with van der Waals surface area (Å²) in [5, 5.41) is 5.03. The zero-order valence-electron chi connectivity index (χ0n) is 17.6. The minimum absolute atomic E-state index is 1.13. The summed E-state index contributed by atoms with van der Waals surface area (Å²) in [6, 6.07) is 41.3. The summed E-state index contributed by atoms with van der Waals surface area (Å²) in [5.41, 5.74) is 7.32. The number of pyridine rings is 1. The average molecular weight is 408 g/mol. The molecule has 32 heavy (non-hydrogen) atoms. The van der Waals surface area contributed by atoms with Gasteiger partial charge in [0.2, 0.25) is 0 Å². The zero-order valence-corrected chi connectivity index (χ0v) is 17.6. The maximum absolute atomic E-state index is 4.30. The fourth-order valence-electron chi connectivity index (χ4n) is 4.57. The predicted octanol–water partition coefficient (Wildman–Crippen LogP) is 8.39. The Morgan fingerprint density at radius 2 is 0.969 bits per heavy atom. The van der Waals surface area contributed by atoms with Gasteiger partial charge >= 0.3 is 0 Å². The standard InChI is InChI=1S/C31H21N/c1-3-8-22(9-4-1)24-13-15-29-27(18-24)20-28-19-25(26-12-7-17-32-21-26)14-16-30(28)31(29)23-10-5-2-6-11-23/h1-21H. The van der Waals surface area contributed by atoms with Crippen molar-refractivity contribution in [3.05, 3.63) is 128 Å². The Bertz CT molecular complexity index is 1440. The number of hydrogen-bond acceptors (Lipinski definition) is 1. The van der Waals surface area contributed by atoms with Crippen molar-refractivity contribution >= 4 is 21.5 Å². The van der Waals surface area contributed by atoms with E-state index in [1.807, 2.05) is 18.5 Å². The predicted molar refractivity (Wildman–Crippen MR) is 136 cm³/mol. The molecule has 0 N–H and O–H groups in total. The van der Waals surface area contributed by atoms with Crippen LogP contribution in [0.1, 0.15) is 0 Å². The van der Waals surface area contributed by atoms with E-state index in [9.17, 15) is 0 Å². The summed E-state index contributed by atoms with van der Waals surface area (Å²) in [4.78, 5) is 4.30. The number of rotatable bonds is 3. The molecule has 1 heteroatoms. The van der Waals surface area contributed by atoms with E-state index in [1.54, 1.807) is 0 Å². The van der Waals surface area contributed by atoms with Crippen molar-refractivity contribution in [1.29, 1.82) is 0 Å². The smallest absolute Gasteiger partial charge is 0.0346 e. The van der Waals surface area contributed by atoms with E-state index >= 15 is 0 Å². The van der Waals surface area contributed by atoms with Crippen LogP contribution in [0, 0.1) is 0 Å². The second-order valence-corrected chi connectivity index (χ2v) is 8.10. The maximum atomic E-state index is 4.30. The van der Waals surface area contributed by atoms with Crippen molar-refractivity contribution in [2.24, 2.45) is 0 Å². The van der Waals surface area contributed by atoms with E-state index in [0.717, 1.165) is 5.56 Å². The average Bonchev–Trinajstić information content (AvgIpc) is 2.88. The first kappa shape index (κ1) is 18.5. The zero-order chi connectivity index (χ0) is 21.3. The van der Waals surface area contributed by atoms with Crippen LogP contribution in [0.2, 0.25) is 0 Å². The molecule has 6 aromatic rings. The highest BCUT2D eigenvalue weighted by molar-refractivity contribution is 6.14. The molecule has 1 aromatic heterocycles. The van der Waals surface area contributed by atoms with Gasteiger partial charge in [0, 0.05) is 18.0 Å². The number of nitrogens with zero attached hydrogens (tertiary/aromatic N) is 1. The summed E-state index contributed by atoms with van der Waals surface area (Å²) in [6.45, 7) is 0.